The Balaban J connectivity index is 1.56. The molecule has 0 aromatic heterocycles. The highest BCUT2D eigenvalue weighted by molar-refractivity contribution is 6.71. The van der Waals surface area contributed by atoms with Gasteiger partial charge in [0.25, 0.3) is 17.7 Å². The van der Waals surface area contributed by atoms with Crippen molar-refractivity contribution in [2.45, 2.75) is 95.2 Å². The van der Waals surface area contributed by atoms with Gasteiger partial charge in [-0.3, -0.25) is 19.2 Å². The molecule has 2 aromatic rings. The molecule has 0 aliphatic carbocycles. The lowest BCUT2D eigenvalue weighted by Gasteiger charge is -2.33. The van der Waals surface area contributed by atoms with Crippen molar-refractivity contribution in [1.29, 1.82) is 0 Å². The number of likely N-dealkylation sites (tertiary alicyclic amines) is 1. The summed E-state index contributed by atoms with van der Waals surface area (Å²) >= 11 is 0. The number of aliphatic hydroxyl groups excluding tert-OH is 3. The van der Waals surface area contributed by atoms with Crippen molar-refractivity contribution in [2.24, 2.45) is 5.92 Å². The minimum Gasteiger partial charge on any atom is -0.432 e. The number of aliphatic hydroxyl groups is 3. The summed E-state index contributed by atoms with van der Waals surface area (Å²) in [5.74, 6) is -2.38. The molecule has 6 N–H and O–H groups in total. The number of fused-ring (bicyclic) bond motifs is 2. The number of amides is 4. The zero-order valence-electron chi connectivity index (χ0n) is 28.0. The Morgan fingerprint density at radius 1 is 1.04 bits per heavy atom. The van der Waals surface area contributed by atoms with E-state index in [-0.39, 0.29) is 31.5 Å². The van der Waals surface area contributed by atoms with E-state index in [0.29, 0.717) is 41.2 Å². The second kappa shape index (κ2) is 13.7. The molecule has 0 saturated carbocycles. The molecule has 2 aromatic carbocycles. The van der Waals surface area contributed by atoms with Crippen LogP contribution in [0.2, 0.25) is 18.6 Å². The van der Waals surface area contributed by atoms with E-state index in [1.54, 1.807) is 65.4 Å². The van der Waals surface area contributed by atoms with Gasteiger partial charge in [-0.15, -0.1) is 0 Å². The van der Waals surface area contributed by atoms with Crippen molar-refractivity contribution in [2.75, 3.05) is 28.7 Å². The standard InChI is InChI=1S/C34H46N4O9Si/c1-19-30(48(4,5)46)28(16-29(42)37-13-7-10-25(37)18-39)47-34(19)26-15-24(36-32(44)21(3)41)11-12-27(26)38(33(34)45)17-22-8-6-9-23(14-22)35-31(43)20(2)40/h6,8-9,11-12,14-15,19-21,25,28,30,39-41,46H,7,10,13,16-18H2,1-5H3,(H,35,43)(H,36,44)/t19-,20+,21+,25+,28+,30-,34+/m1/s1. The van der Waals surface area contributed by atoms with Gasteiger partial charge in [0, 0.05) is 34.9 Å². The Morgan fingerprint density at radius 2 is 1.69 bits per heavy atom. The maximum Gasteiger partial charge on any atom is 0.264 e. The number of benzene rings is 2. The Hall–Kier alpha value is -3.66. The number of hydrogen-bond acceptors (Lipinski definition) is 9. The lowest BCUT2D eigenvalue weighted by Crippen LogP contribution is -2.46. The number of ether oxygens (including phenoxy) is 1. The van der Waals surface area contributed by atoms with E-state index in [1.807, 2.05) is 6.92 Å². The van der Waals surface area contributed by atoms with E-state index in [2.05, 4.69) is 10.6 Å². The van der Waals surface area contributed by atoms with E-state index in [0.717, 1.165) is 6.42 Å². The Morgan fingerprint density at radius 3 is 2.29 bits per heavy atom. The van der Waals surface area contributed by atoms with Gasteiger partial charge < -0.3 is 45.3 Å². The van der Waals surface area contributed by atoms with Crippen molar-refractivity contribution in [3.05, 3.63) is 53.6 Å². The minimum absolute atomic E-state index is 0.0731. The highest BCUT2D eigenvalue weighted by Gasteiger charge is 2.66. The normalized spacial score (nSPS) is 26.5. The van der Waals surface area contributed by atoms with Crippen LogP contribution in [-0.2, 0) is 36.1 Å². The largest absolute Gasteiger partial charge is 0.432 e. The van der Waals surface area contributed by atoms with Gasteiger partial charge in [0.1, 0.15) is 12.2 Å². The molecule has 48 heavy (non-hydrogen) atoms. The number of nitrogens with zero attached hydrogens (tertiary/aromatic N) is 2. The maximum atomic E-state index is 14.8. The molecule has 2 saturated heterocycles. The van der Waals surface area contributed by atoms with Crippen LogP contribution in [-0.4, -0.2) is 94.5 Å². The summed E-state index contributed by atoms with van der Waals surface area (Å²) in [4.78, 5) is 67.9. The first-order valence-electron chi connectivity index (χ1n) is 16.4. The first-order chi connectivity index (χ1) is 22.6. The quantitative estimate of drug-likeness (QED) is 0.204. The van der Waals surface area contributed by atoms with Crippen LogP contribution in [0.3, 0.4) is 0 Å². The molecule has 3 heterocycles. The van der Waals surface area contributed by atoms with Crippen molar-refractivity contribution >= 4 is 49.0 Å². The van der Waals surface area contributed by atoms with Gasteiger partial charge in [-0.2, -0.15) is 0 Å². The van der Waals surface area contributed by atoms with Crippen LogP contribution < -0.4 is 15.5 Å². The molecule has 0 unspecified atom stereocenters. The fraction of sp³-hybridized carbons (Fsp3) is 0.529. The molecule has 260 valence electrons. The smallest absolute Gasteiger partial charge is 0.264 e. The Labute approximate surface area is 281 Å². The summed E-state index contributed by atoms with van der Waals surface area (Å²) in [7, 11) is -3.09. The third-order valence-corrected chi connectivity index (χ3v) is 12.3. The molecule has 7 atom stereocenters. The number of hydrogen-bond donors (Lipinski definition) is 6. The first-order valence-corrected chi connectivity index (χ1v) is 19.4. The third kappa shape index (κ3) is 6.65. The van der Waals surface area contributed by atoms with Crippen LogP contribution >= 0.6 is 0 Å². The van der Waals surface area contributed by atoms with Crippen LogP contribution in [0, 0.1) is 5.92 Å². The predicted molar refractivity (Wildman–Crippen MR) is 180 cm³/mol. The molecule has 2 fully saturated rings. The van der Waals surface area contributed by atoms with Gasteiger partial charge in [0.05, 0.1) is 37.4 Å². The monoisotopic (exact) mass is 682 g/mol. The molecule has 13 nitrogen and oxygen atoms in total. The van der Waals surface area contributed by atoms with Crippen molar-refractivity contribution < 1.29 is 44.0 Å². The predicted octanol–water partition coefficient (Wildman–Crippen LogP) is 2.04. The van der Waals surface area contributed by atoms with Crippen molar-refractivity contribution in [3.8, 4) is 0 Å². The topological polar surface area (TPSA) is 189 Å². The highest BCUT2D eigenvalue weighted by Crippen LogP contribution is 2.60. The molecular formula is C34H46N4O9Si. The van der Waals surface area contributed by atoms with Gasteiger partial charge in [-0.25, -0.2) is 0 Å². The average molecular weight is 683 g/mol. The first kappa shape index (κ1) is 35.6. The molecule has 1 spiro atoms. The van der Waals surface area contributed by atoms with Crippen LogP contribution in [0.15, 0.2) is 42.5 Å². The number of anilines is 3. The molecule has 3 aliphatic heterocycles. The molecule has 4 amide bonds. The number of carbonyl (C=O) groups excluding carboxylic acids is 4. The minimum atomic E-state index is -3.09. The molecule has 0 radical (unpaired) electrons. The zero-order valence-corrected chi connectivity index (χ0v) is 29.0. The fourth-order valence-corrected chi connectivity index (χ4v) is 10.1. The van der Waals surface area contributed by atoms with Gasteiger partial charge >= 0.3 is 0 Å². The van der Waals surface area contributed by atoms with E-state index in [4.69, 9.17) is 4.74 Å². The summed E-state index contributed by atoms with van der Waals surface area (Å²) in [6, 6.07) is 11.6. The Bertz CT molecular complexity index is 1580. The van der Waals surface area contributed by atoms with Crippen LogP contribution in [0.25, 0.3) is 0 Å². The van der Waals surface area contributed by atoms with Crippen LogP contribution in [0.4, 0.5) is 17.1 Å². The summed E-state index contributed by atoms with van der Waals surface area (Å²) in [6.45, 7) is 8.55. The third-order valence-electron chi connectivity index (χ3n) is 9.83. The van der Waals surface area contributed by atoms with Gasteiger partial charge in [0.2, 0.25) is 5.91 Å². The summed E-state index contributed by atoms with van der Waals surface area (Å²) in [5.41, 5.74) is 0.309. The number of nitrogens with one attached hydrogen (secondary N) is 2. The molecule has 3 aliphatic rings. The van der Waals surface area contributed by atoms with E-state index >= 15 is 0 Å². The van der Waals surface area contributed by atoms with E-state index < -0.39 is 61.4 Å². The van der Waals surface area contributed by atoms with Crippen molar-refractivity contribution in [1.82, 2.24) is 4.90 Å². The summed E-state index contributed by atoms with van der Waals surface area (Å²) in [5, 5.41) is 34.7. The molecule has 5 rings (SSSR count). The SMILES string of the molecule is C[C@H](O)C(=O)Nc1cccc(CN2C(=O)[C@@]3(O[C@@H](CC(=O)N4CCC[C@H]4CO)[C@H]([Si](C)(C)O)[C@H]3C)c3cc(NC(=O)[C@H](C)O)ccc32)c1. The summed E-state index contributed by atoms with van der Waals surface area (Å²) < 4.78 is 6.80. The van der Waals surface area contributed by atoms with Crippen LogP contribution in [0.1, 0.15) is 51.2 Å². The molecule has 14 heteroatoms. The van der Waals surface area contributed by atoms with E-state index in [9.17, 15) is 39.3 Å². The lowest BCUT2D eigenvalue weighted by atomic mass is 9.82. The highest BCUT2D eigenvalue weighted by atomic mass is 28.4. The number of carbonyl (C=O) groups is 4. The van der Waals surface area contributed by atoms with E-state index in [1.165, 1.54) is 13.8 Å². The zero-order chi connectivity index (χ0) is 35.1. The Kier molecular flexibility index (Phi) is 10.2. The fourth-order valence-electron chi connectivity index (χ4n) is 7.58. The summed E-state index contributed by atoms with van der Waals surface area (Å²) in [6.07, 6.45) is -1.89. The van der Waals surface area contributed by atoms with Gasteiger partial charge in [0.15, 0.2) is 13.9 Å². The maximum absolute atomic E-state index is 14.8. The number of rotatable bonds is 10. The second-order valence-corrected chi connectivity index (χ2v) is 17.8. The van der Waals surface area contributed by atoms with Gasteiger partial charge in [-0.1, -0.05) is 19.1 Å². The van der Waals surface area contributed by atoms with Crippen molar-refractivity contribution in [3.63, 3.8) is 0 Å². The second-order valence-electron chi connectivity index (χ2n) is 13.8. The molecule has 0 bridgehead atoms. The van der Waals surface area contributed by atoms with Crippen LogP contribution in [0.5, 0.6) is 0 Å². The molecular weight excluding hydrogens is 636 g/mol. The van der Waals surface area contributed by atoms with Gasteiger partial charge in [-0.05, 0) is 75.7 Å². The average Bonchev–Trinajstić information content (AvgIpc) is 3.67. The lowest BCUT2D eigenvalue weighted by molar-refractivity contribution is -0.150.